The molecule has 0 unspecified atom stereocenters. The summed E-state index contributed by atoms with van der Waals surface area (Å²) in [5.41, 5.74) is 9.76. The predicted octanol–water partition coefficient (Wildman–Crippen LogP) is 6.85. The Balaban J connectivity index is 1.05. The largest absolute Gasteiger partial charge is 0.420 e. The second-order valence-corrected chi connectivity index (χ2v) is 13.3. The van der Waals surface area contributed by atoms with Crippen molar-refractivity contribution in [2.75, 3.05) is 105 Å². The molecule has 0 bridgehead atoms. The first-order chi connectivity index (χ1) is 27.2. The SMILES string of the molecule is CCCCCc1cc2c(CCCCCN(C)CCOCCOCCOCCOCCOCCOCCC(=O)Oc3c(F)c(F)cc(F)c3F)cccc2nc1N. The van der Waals surface area contributed by atoms with Gasteiger partial charge < -0.3 is 43.8 Å². The lowest BCUT2D eigenvalue weighted by Crippen LogP contribution is -2.25. The number of nitrogen functional groups attached to an aromatic ring is 1. The van der Waals surface area contributed by atoms with Gasteiger partial charge in [-0.3, -0.25) is 4.79 Å². The molecule has 11 nitrogen and oxygen atoms in total. The first-order valence-electron chi connectivity index (χ1n) is 19.6. The second kappa shape index (κ2) is 28.0. The minimum absolute atomic E-state index is 0.0251. The zero-order valence-electron chi connectivity index (χ0n) is 32.9. The Morgan fingerprint density at radius 1 is 0.661 bits per heavy atom. The Morgan fingerprint density at radius 3 is 1.79 bits per heavy atom. The second-order valence-electron chi connectivity index (χ2n) is 13.3. The van der Waals surface area contributed by atoms with E-state index in [0.717, 1.165) is 50.7 Å². The number of unbranched alkanes of at least 4 members (excludes halogenated alkanes) is 4. The van der Waals surface area contributed by atoms with Crippen LogP contribution in [0.15, 0.2) is 30.3 Å². The Hall–Kier alpha value is -3.44. The van der Waals surface area contributed by atoms with E-state index in [-0.39, 0.29) is 32.3 Å². The molecule has 0 aliphatic rings. The van der Waals surface area contributed by atoms with Gasteiger partial charge in [0.25, 0.3) is 0 Å². The van der Waals surface area contributed by atoms with Crippen LogP contribution in [0.1, 0.15) is 63.0 Å². The molecule has 0 saturated carbocycles. The molecular formula is C41H59F4N3O8. The molecule has 0 saturated heterocycles. The summed E-state index contributed by atoms with van der Waals surface area (Å²) in [5, 5.41) is 1.24. The van der Waals surface area contributed by atoms with Crippen LogP contribution in [-0.4, -0.2) is 115 Å². The summed E-state index contributed by atoms with van der Waals surface area (Å²) < 4.78 is 90.6. The third-order valence-corrected chi connectivity index (χ3v) is 8.81. The van der Waals surface area contributed by atoms with E-state index in [1.165, 1.54) is 35.8 Å². The van der Waals surface area contributed by atoms with Gasteiger partial charge in [-0.05, 0) is 69.0 Å². The van der Waals surface area contributed by atoms with Crippen LogP contribution in [0, 0.1) is 23.3 Å². The number of nitrogens with two attached hydrogens (primary N) is 1. The molecule has 3 rings (SSSR count). The van der Waals surface area contributed by atoms with Gasteiger partial charge in [-0.15, -0.1) is 0 Å². The van der Waals surface area contributed by atoms with Crippen LogP contribution in [0.3, 0.4) is 0 Å². The normalized spacial score (nSPS) is 11.6. The molecule has 1 aromatic heterocycles. The minimum Gasteiger partial charge on any atom is -0.420 e. The van der Waals surface area contributed by atoms with Crippen molar-refractivity contribution in [3.05, 3.63) is 64.7 Å². The topological polar surface area (TPSA) is 124 Å². The molecule has 0 atom stereocenters. The molecule has 0 aliphatic carbocycles. The highest BCUT2D eigenvalue weighted by Crippen LogP contribution is 2.27. The van der Waals surface area contributed by atoms with Crippen molar-refractivity contribution in [2.45, 2.75) is 64.7 Å². The summed E-state index contributed by atoms with van der Waals surface area (Å²) >= 11 is 0. The Morgan fingerprint density at radius 2 is 1.20 bits per heavy atom. The Labute approximate surface area is 328 Å². The molecule has 1 heterocycles. The van der Waals surface area contributed by atoms with Crippen LogP contribution in [0.25, 0.3) is 10.9 Å². The number of likely N-dealkylation sites (N-methyl/N-ethyl adjacent to an activating group) is 1. The molecule has 0 fully saturated rings. The summed E-state index contributed by atoms with van der Waals surface area (Å²) in [7, 11) is 2.13. The van der Waals surface area contributed by atoms with Crippen molar-refractivity contribution < 1.29 is 55.5 Å². The fourth-order valence-corrected chi connectivity index (χ4v) is 5.67. The van der Waals surface area contributed by atoms with Crippen LogP contribution < -0.4 is 10.5 Å². The number of pyridine rings is 1. The smallest absolute Gasteiger partial charge is 0.313 e. The maximum absolute atomic E-state index is 13.6. The number of esters is 1. The molecule has 2 N–H and O–H groups in total. The molecule has 0 radical (unpaired) electrons. The summed E-state index contributed by atoms with van der Waals surface area (Å²) in [6.07, 6.45) is 8.63. The van der Waals surface area contributed by atoms with E-state index >= 15 is 0 Å². The lowest BCUT2D eigenvalue weighted by molar-refractivity contribution is -0.136. The number of aryl methyl sites for hydroxylation is 2. The molecule has 15 heteroatoms. The highest BCUT2D eigenvalue weighted by Gasteiger charge is 2.23. The Kier molecular flexibility index (Phi) is 23.5. The number of halogens is 4. The van der Waals surface area contributed by atoms with E-state index in [1.807, 2.05) is 0 Å². The van der Waals surface area contributed by atoms with E-state index in [2.05, 4.69) is 47.9 Å². The average molecular weight is 798 g/mol. The van der Waals surface area contributed by atoms with Crippen molar-refractivity contribution >= 4 is 22.7 Å². The minimum atomic E-state index is -1.79. The molecule has 2 aromatic carbocycles. The van der Waals surface area contributed by atoms with Gasteiger partial charge in [-0.1, -0.05) is 38.3 Å². The van der Waals surface area contributed by atoms with Crippen molar-refractivity contribution in [3.8, 4) is 5.75 Å². The number of hydrogen-bond donors (Lipinski definition) is 1. The van der Waals surface area contributed by atoms with Crippen LogP contribution in [-0.2, 0) is 46.1 Å². The van der Waals surface area contributed by atoms with Crippen LogP contribution in [0.4, 0.5) is 23.4 Å². The highest BCUT2D eigenvalue weighted by atomic mass is 19.2. The van der Waals surface area contributed by atoms with Gasteiger partial charge in [0.2, 0.25) is 17.4 Å². The molecule has 0 spiro atoms. The lowest BCUT2D eigenvalue weighted by Gasteiger charge is -2.16. The van der Waals surface area contributed by atoms with Gasteiger partial charge in [-0.25, -0.2) is 13.8 Å². The maximum Gasteiger partial charge on any atom is 0.313 e. The standard InChI is InChI=1S/C41H59F4N3O8/c1-3-4-6-11-32-29-33-31(12-9-13-36(33)47-41(32)46)10-7-5-8-15-48(2)16-18-51-20-22-53-24-26-55-28-27-54-25-23-52-21-19-50-17-14-37(49)56-40-38(44)34(42)30-35(43)39(40)45/h9,12-13,29-30H,3-8,10-11,14-28H2,1-2H3,(H2,46,47). The number of rotatable bonds is 32. The number of carbonyl (C=O) groups excluding carboxylic acids is 1. The summed E-state index contributed by atoms with van der Waals surface area (Å²) in [6.45, 7) is 8.40. The van der Waals surface area contributed by atoms with Gasteiger partial charge in [0, 0.05) is 18.0 Å². The summed E-state index contributed by atoms with van der Waals surface area (Å²) in [4.78, 5) is 18.7. The van der Waals surface area contributed by atoms with Gasteiger partial charge in [-0.2, -0.15) is 8.78 Å². The van der Waals surface area contributed by atoms with Crippen LogP contribution >= 0.6 is 0 Å². The third kappa shape index (κ3) is 18.2. The summed E-state index contributed by atoms with van der Waals surface area (Å²) in [5.74, 6) is -8.78. The Bertz CT molecular complexity index is 1540. The van der Waals surface area contributed by atoms with E-state index in [4.69, 9.17) is 39.1 Å². The number of benzene rings is 2. The van der Waals surface area contributed by atoms with Crippen molar-refractivity contribution in [3.63, 3.8) is 0 Å². The fourth-order valence-electron chi connectivity index (χ4n) is 5.67. The van der Waals surface area contributed by atoms with Crippen LogP contribution in [0.5, 0.6) is 5.75 Å². The first-order valence-corrected chi connectivity index (χ1v) is 19.6. The number of nitrogens with zero attached hydrogens (tertiary/aromatic N) is 2. The number of anilines is 1. The van der Waals surface area contributed by atoms with Gasteiger partial charge in [0.05, 0.1) is 91.2 Å². The number of carbonyl (C=O) groups is 1. The number of aromatic nitrogens is 1. The quantitative estimate of drug-likeness (QED) is 0.0235. The molecular weight excluding hydrogens is 738 g/mol. The zero-order valence-corrected chi connectivity index (χ0v) is 32.9. The fraction of sp³-hybridized carbons (Fsp3) is 0.610. The number of fused-ring (bicyclic) bond motifs is 1. The van der Waals surface area contributed by atoms with Crippen molar-refractivity contribution in [1.29, 1.82) is 0 Å². The van der Waals surface area contributed by atoms with E-state index in [9.17, 15) is 22.4 Å². The van der Waals surface area contributed by atoms with Crippen molar-refractivity contribution in [1.82, 2.24) is 9.88 Å². The highest BCUT2D eigenvalue weighted by molar-refractivity contribution is 5.84. The zero-order chi connectivity index (χ0) is 40.4. The molecule has 56 heavy (non-hydrogen) atoms. The molecule has 0 amide bonds. The van der Waals surface area contributed by atoms with Gasteiger partial charge in [0.15, 0.2) is 11.6 Å². The molecule has 3 aromatic rings. The van der Waals surface area contributed by atoms with E-state index < -0.39 is 35.0 Å². The van der Waals surface area contributed by atoms with E-state index in [1.54, 1.807) is 0 Å². The van der Waals surface area contributed by atoms with Crippen LogP contribution in [0.2, 0.25) is 0 Å². The van der Waals surface area contributed by atoms with Gasteiger partial charge in [0.1, 0.15) is 5.82 Å². The monoisotopic (exact) mass is 797 g/mol. The maximum atomic E-state index is 13.6. The number of hydrogen-bond acceptors (Lipinski definition) is 11. The lowest BCUT2D eigenvalue weighted by atomic mass is 9.99. The molecule has 314 valence electrons. The average Bonchev–Trinajstić information content (AvgIpc) is 3.18. The van der Waals surface area contributed by atoms with Gasteiger partial charge >= 0.3 is 5.97 Å². The summed E-state index contributed by atoms with van der Waals surface area (Å²) in [6, 6.07) is 8.65. The van der Waals surface area contributed by atoms with E-state index in [0.29, 0.717) is 65.3 Å². The third-order valence-electron chi connectivity index (χ3n) is 8.81. The predicted molar refractivity (Wildman–Crippen MR) is 206 cm³/mol. The molecule has 0 aliphatic heterocycles. The first kappa shape index (κ1) is 46.9. The number of ether oxygens (including phenoxy) is 7. The van der Waals surface area contributed by atoms with Crippen molar-refractivity contribution in [2.24, 2.45) is 0 Å².